The van der Waals surface area contributed by atoms with Gasteiger partial charge < -0.3 is 24.8 Å². The van der Waals surface area contributed by atoms with Crippen molar-refractivity contribution in [3.05, 3.63) is 30.0 Å². The van der Waals surface area contributed by atoms with Crippen molar-refractivity contribution in [2.24, 2.45) is 23.7 Å². The van der Waals surface area contributed by atoms with Gasteiger partial charge in [0, 0.05) is 19.0 Å². The minimum Gasteiger partial charge on any atom is -0.496 e. The lowest BCUT2D eigenvalue weighted by molar-refractivity contribution is -0.141. The Morgan fingerprint density at radius 3 is 2.21 bits per heavy atom. The molecule has 1 heterocycles. The van der Waals surface area contributed by atoms with Crippen molar-refractivity contribution in [2.75, 3.05) is 27.9 Å². The predicted octanol–water partition coefficient (Wildman–Crippen LogP) is 3.29. The number of carbonyl (C=O) groups excluding carboxylic acids is 3. The first-order chi connectivity index (χ1) is 18.1. The molecule has 1 aliphatic rings. The van der Waals surface area contributed by atoms with Crippen LogP contribution in [0.4, 0.5) is 0 Å². The van der Waals surface area contributed by atoms with Crippen molar-refractivity contribution < 1.29 is 28.6 Å². The summed E-state index contributed by atoms with van der Waals surface area (Å²) < 4.78 is 17.7. The van der Waals surface area contributed by atoms with Gasteiger partial charge in [0.1, 0.15) is 18.0 Å². The highest BCUT2D eigenvalue weighted by molar-refractivity contribution is 5.94. The number of nitrogens with zero attached hydrogens (tertiary/aromatic N) is 2. The first kappa shape index (κ1) is 29.0. The van der Waals surface area contributed by atoms with Crippen LogP contribution in [0.1, 0.15) is 51.0 Å². The van der Waals surface area contributed by atoms with E-state index in [4.69, 9.17) is 14.6 Å². The van der Waals surface area contributed by atoms with Crippen molar-refractivity contribution in [3.8, 4) is 22.8 Å². The number of hydrogen-bond donors (Lipinski definition) is 2. The van der Waals surface area contributed by atoms with Gasteiger partial charge in [-0.2, -0.15) is 5.10 Å². The second-order valence-corrected chi connectivity index (χ2v) is 10.4. The first-order valence-electron chi connectivity index (χ1n) is 13.0. The van der Waals surface area contributed by atoms with Crippen molar-refractivity contribution in [3.63, 3.8) is 0 Å². The van der Waals surface area contributed by atoms with Gasteiger partial charge in [-0.15, -0.1) is 0 Å². The van der Waals surface area contributed by atoms with Gasteiger partial charge in [-0.05, 0) is 48.3 Å². The summed E-state index contributed by atoms with van der Waals surface area (Å²) in [5, 5.41) is 10.2. The molecule has 1 aromatic carbocycles. The maximum absolute atomic E-state index is 13.4. The number of nitrogens with one attached hydrogen (secondary N) is 2. The van der Waals surface area contributed by atoms with Crippen LogP contribution in [0.25, 0.3) is 11.3 Å². The third-order valence-electron chi connectivity index (χ3n) is 7.30. The largest absolute Gasteiger partial charge is 0.496 e. The second-order valence-electron chi connectivity index (χ2n) is 10.4. The van der Waals surface area contributed by atoms with Crippen LogP contribution in [0.3, 0.4) is 0 Å². The van der Waals surface area contributed by atoms with Crippen LogP contribution in [0.5, 0.6) is 11.5 Å². The number of methoxy groups -OCH3 is 3. The predicted molar refractivity (Wildman–Crippen MR) is 143 cm³/mol. The van der Waals surface area contributed by atoms with Crippen molar-refractivity contribution in [1.82, 2.24) is 20.4 Å². The Morgan fingerprint density at radius 2 is 1.68 bits per heavy atom. The number of benzene rings is 1. The molecule has 208 valence electrons. The van der Waals surface area contributed by atoms with Gasteiger partial charge >= 0.3 is 5.97 Å². The molecule has 1 aromatic heterocycles. The van der Waals surface area contributed by atoms with E-state index in [1.54, 1.807) is 20.3 Å². The topological polar surface area (TPSA) is 121 Å². The zero-order valence-electron chi connectivity index (χ0n) is 23.4. The molecule has 0 bridgehead atoms. The molecule has 38 heavy (non-hydrogen) atoms. The fraction of sp³-hybridized carbons (Fsp3) is 0.571. The minimum absolute atomic E-state index is 0.0336. The maximum Gasteiger partial charge on any atom is 0.325 e. The van der Waals surface area contributed by atoms with Gasteiger partial charge in [0.25, 0.3) is 5.91 Å². The molecule has 1 fully saturated rings. The summed E-state index contributed by atoms with van der Waals surface area (Å²) in [6.45, 7) is 8.92. The number of esters is 1. The fourth-order valence-electron chi connectivity index (χ4n) is 4.83. The third kappa shape index (κ3) is 7.05. The number of ether oxygens (including phenoxy) is 3. The average molecular weight is 529 g/mol. The molecule has 3 rings (SSSR count). The van der Waals surface area contributed by atoms with Crippen molar-refractivity contribution in [2.45, 2.75) is 53.1 Å². The Labute approximate surface area is 224 Å². The van der Waals surface area contributed by atoms with E-state index >= 15 is 0 Å². The van der Waals surface area contributed by atoms with Gasteiger partial charge in [-0.1, -0.05) is 33.8 Å². The molecular formula is C28H40N4O6. The van der Waals surface area contributed by atoms with Crippen molar-refractivity contribution in [1.29, 1.82) is 0 Å². The van der Waals surface area contributed by atoms with E-state index in [0.717, 1.165) is 11.3 Å². The summed E-state index contributed by atoms with van der Waals surface area (Å²) >= 11 is 0. The molecule has 10 nitrogen and oxygen atoms in total. The number of aromatic nitrogens is 2. The molecular weight excluding hydrogens is 488 g/mol. The highest BCUT2D eigenvalue weighted by atomic mass is 16.5. The SMILES string of the molecule is COC(=O)CNC(=O)C[C@H](CC(C)C)NC(=O)c1cc(-c2c(OC)cccc2OC)n(CC2C(C)C2C)n1. The van der Waals surface area contributed by atoms with Gasteiger partial charge in [-0.3, -0.25) is 19.1 Å². The zero-order valence-corrected chi connectivity index (χ0v) is 23.4. The molecule has 1 aliphatic carbocycles. The maximum atomic E-state index is 13.4. The second kappa shape index (κ2) is 12.8. The van der Waals surface area contributed by atoms with Crippen LogP contribution in [-0.2, 0) is 20.9 Å². The van der Waals surface area contributed by atoms with Gasteiger partial charge in [0.05, 0.1) is 32.6 Å². The highest BCUT2D eigenvalue weighted by Crippen LogP contribution is 2.47. The van der Waals surface area contributed by atoms with E-state index < -0.39 is 12.0 Å². The van der Waals surface area contributed by atoms with Crippen LogP contribution >= 0.6 is 0 Å². The molecule has 2 unspecified atom stereocenters. The summed E-state index contributed by atoms with van der Waals surface area (Å²) in [6, 6.07) is 6.86. The Hall–Kier alpha value is -3.56. The summed E-state index contributed by atoms with van der Waals surface area (Å²) in [5.74, 6) is 1.82. The van der Waals surface area contributed by atoms with Gasteiger partial charge in [-0.25, -0.2) is 0 Å². The number of amides is 2. The Morgan fingerprint density at radius 1 is 1.05 bits per heavy atom. The lowest BCUT2D eigenvalue weighted by Crippen LogP contribution is -2.41. The van der Waals surface area contributed by atoms with Gasteiger partial charge in [0.2, 0.25) is 5.91 Å². The van der Waals surface area contributed by atoms with Crippen molar-refractivity contribution >= 4 is 17.8 Å². The van der Waals surface area contributed by atoms with Crippen LogP contribution in [0, 0.1) is 23.7 Å². The Kier molecular flexibility index (Phi) is 9.77. The average Bonchev–Trinajstić information content (AvgIpc) is 3.25. The number of carbonyl (C=O) groups is 3. The van der Waals surface area contributed by atoms with E-state index in [-0.39, 0.29) is 36.4 Å². The van der Waals surface area contributed by atoms with E-state index in [1.165, 1.54) is 7.11 Å². The van der Waals surface area contributed by atoms with E-state index in [0.29, 0.717) is 42.2 Å². The summed E-state index contributed by atoms with van der Waals surface area (Å²) in [4.78, 5) is 37.2. The summed E-state index contributed by atoms with van der Waals surface area (Å²) in [7, 11) is 4.45. The number of rotatable bonds is 13. The smallest absolute Gasteiger partial charge is 0.325 e. The molecule has 2 amide bonds. The first-order valence-corrected chi connectivity index (χ1v) is 13.0. The fourth-order valence-corrected chi connectivity index (χ4v) is 4.83. The number of hydrogen-bond acceptors (Lipinski definition) is 7. The molecule has 1 saturated carbocycles. The Balaban J connectivity index is 1.88. The molecule has 3 atom stereocenters. The van der Waals surface area contributed by atoms with E-state index in [9.17, 15) is 14.4 Å². The van der Waals surface area contributed by atoms with Crippen LogP contribution in [0.2, 0.25) is 0 Å². The monoisotopic (exact) mass is 528 g/mol. The van der Waals surface area contributed by atoms with E-state index in [2.05, 4.69) is 29.2 Å². The minimum atomic E-state index is -0.535. The molecule has 10 heteroatoms. The summed E-state index contributed by atoms with van der Waals surface area (Å²) in [6.07, 6.45) is 0.619. The van der Waals surface area contributed by atoms with Crippen LogP contribution < -0.4 is 20.1 Å². The standard InChI is InChI=1S/C28H40N4O6/c1-16(2)11-19(12-25(33)29-14-26(34)38-7)30-28(35)21-13-22(32(31-21)15-20-17(3)18(20)4)27-23(36-5)9-8-10-24(27)37-6/h8-10,13,16-20H,11-12,14-15H2,1-7H3,(H,29,33)(H,30,35)/t17?,18?,19-,20?/m0/s1. The zero-order chi connectivity index (χ0) is 28.0. The lowest BCUT2D eigenvalue weighted by atomic mass is 10.0. The molecule has 2 N–H and O–H groups in total. The normalized spacial score (nSPS) is 19.0. The molecule has 0 radical (unpaired) electrons. The van der Waals surface area contributed by atoms with E-state index in [1.807, 2.05) is 36.7 Å². The Bertz CT molecular complexity index is 1110. The molecule has 0 spiro atoms. The van der Waals surface area contributed by atoms with Crippen LogP contribution in [-0.4, -0.2) is 61.5 Å². The molecule has 0 aliphatic heterocycles. The van der Waals surface area contributed by atoms with Crippen LogP contribution in [0.15, 0.2) is 24.3 Å². The lowest BCUT2D eigenvalue weighted by Gasteiger charge is -2.19. The highest BCUT2D eigenvalue weighted by Gasteiger charge is 2.43. The van der Waals surface area contributed by atoms with Gasteiger partial charge in [0.15, 0.2) is 5.69 Å². The molecule has 0 saturated heterocycles. The molecule has 2 aromatic rings. The summed E-state index contributed by atoms with van der Waals surface area (Å²) in [5.41, 5.74) is 1.70. The quantitative estimate of drug-likeness (QED) is 0.383. The third-order valence-corrected chi connectivity index (χ3v) is 7.30.